The summed E-state index contributed by atoms with van der Waals surface area (Å²) in [5, 5.41) is 0. The predicted octanol–water partition coefficient (Wildman–Crippen LogP) is 5.10. The third-order valence-electron chi connectivity index (χ3n) is 6.34. The average molecular weight is 450 g/mol. The maximum Gasteiger partial charge on any atom is 0.469 e. The molecule has 1 amide bonds. The van der Waals surface area contributed by atoms with Crippen LogP contribution in [0.25, 0.3) is 0 Å². The summed E-state index contributed by atoms with van der Waals surface area (Å²) in [7, 11) is -4.45. The topological polar surface area (TPSA) is 87.1 Å². The molecule has 1 aromatic rings. The molecular formula is C24H36NO5P. The third kappa shape index (κ3) is 8.19. The summed E-state index contributed by atoms with van der Waals surface area (Å²) in [5.41, 5.74) is 3.06. The van der Waals surface area contributed by atoms with Crippen LogP contribution in [0.3, 0.4) is 0 Å². The van der Waals surface area contributed by atoms with Gasteiger partial charge in [-0.25, -0.2) is 4.57 Å². The first-order valence-corrected chi connectivity index (χ1v) is 13.2. The number of amides is 1. The van der Waals surface area contributed by atoms with E-state index >= 15 is 0 Å². The monoisotopic (exact) mass is 449 g/mol. The highest BCUT2D eigenvalue weighted by molar-refractivity contribution is 7.46. The van der Waals surface area contributed by atoms with Crippen molar-refractivity contribution in [2.24, 2.45) is 0 Å². The number of likely N-dealkylation sites (tertiary alicyclic amines) is 1. The second-order valence-corrected chi connectivity index (χ2v) is 10.0. The zero-order valence-corrected chi connectivity index (χ0v) is 19.2. The smallest absolute Gasteiger partial charge is 0.337 e. The second-order valence-electron chi connectivity index (χ2n) is 8.82. The van der Waals surface area contributed by atoms with Gasteiger partial charge < -0.3 is 14.7 Å². The molecule has 1 heterocycles. The first-order valence-electron chi connectivity index (χ1n) is 11.7. The van der Waals surface area contributed by atoms with Gasteiger partial charge in [-0.3, -0.25) is 9.32 Å². The summed E-state index contributed by atoms with van der Waals surface area (Å²) in [6.45, 7) is 0.561. The standard InChI is InChI=1S/C24H36NO5P/c26-24(25-18-22(19-25)30-31(27,28)29)17-9-4-2-1-3-6-12-21-15-10-11-16-23(21)20-13-7-5-8-14-20/h5,7,10-11,15-16,20,22H,1-4,6,8-9,12-14,17-19H2,(H2,27,28,29). The number of unbranched alkanes of at least 4 members (excludes halogenated alkanes) is 5. The van der Waals surface area contributed by atoms with Crippen LogP contribution in [0.2, 0.25) is 0 Å². The first-order chi connectivity index (χ1) is 14.9. The molecule has 1 fully saturated rings. The maximum absolute atomic E-state index is 12.1. The van der Waals surface area contributed by atoms with E-state index in [1.54, 1.807) is 10.5 Å². The number of hydrogen-bond acceptors (Lipinski definition) is 3. The highest BCUT2D eigenvalue weighted by atomic mass is 31.2. The molecule has 1 atom stereocenters. The van der Waals surface area contributed by atoms with Crippen LogP contribution < -0.4 is 0 Å². The zero-order valence-electron chi connectivity index (χ0n) is 18.3. The number of allylic oxidation sites excluding steroid dienone is 2. The van der Waals surface area contributed by atoms with E-state index < -0.39 is 13.9 Å². The number of aryl methyl sites for hydroxylation is 1. The molecule has 0 radical (unpaired) electrons. The quantitative estimate of drug-likeness (QED) is 0.263. The number of carbonyl (C=O) groups excluding carboxylic acids is 1. The fraction of sp³-hybridized carbons (Fsp3) is 0.625. The van der Waals surface area contributed by atoms with Crippen molar-refractivity contribution in [2.45, 2.75) is 82.7 Å². The van der Waals surface area contributed by atoms with Crippen molar-refractivity contribution in [3.05, 3.63) is 47.5 Å². The largest absolute Gasteiger partial charge is 0.469 e. The van der Waals surface area contributed by atoms with Crippen molar-refractivity contribution in [2.75, 3.05) is 13.1 Å². The van der Waals surface area contributed by atoms with Crippen LogP contribution in [0.5, 0.6) is 0 Å². The summed E-state index contributed by atoms with van der Waals surface area (Å²) < 4.78 is 15.3. The number of hydrogen-bond donors (Lipinski definition) is 2. The molecule has 31 heavy (non-hydrogen) atoms. The summed E-state index contributed by atoms with van der Waals surface area (Å²) in [5.74, 6) is 0.739. The molecule has 7 heteroatoms. The Morgan fingerprint density at radius 1 is 1.03 bits per heavy atom. The third-order valence-corrected chi connectivity index (χ3v) is 6.91. The van der Waals surface area contributed by atoms with Gasteiger partial charge in [0.15, 0.2) is 0 Å². The Hall–Kier alpha value is -1.46. The first kappa shape index (κ1) is 24.2. The molecule has 0 saturated carbocycles. The minimum atomic E-state index is -4.45. The van der Waals surface area contributed by atoms with E-state index in [1.807, 2.05) is 0 Å². The highest BCUT2D eigenvalue weighted by Gasteiger charge is 2.35. The molecule has 6 nitrogen and oxygen atoms in total. The molecule has 1 saturated heterocycles. The van der Waals surface area contributed by atoms with Gasteiger partial charge in [-0.1, -0.05) is 62.1 Å². The van der Waals surface area contributed by atoms with E-state index in [9.17, 15) is 9.36 Å². The van der Waals surface area contributed by atoms with Gasteiger partial charge in [0.25, 0.3) is 0 Å². The van der Waals surface area contributed by atoms with Gasteiger partial charge in [0.1, 0.15) is 6.10 Å². The molecule has 2 N–H and O–H groups in total. The van der Waals surface area contributed by atoms with Crippen molar-refractivity contribution in [1.29, 1.82) is 0 Å². The van der Waals surface area contributed by atoms with Gasteiger partial charge in [0, 0.05) is 19.5 Å². The second kappa shape index (κ2) is 12.0. The van der Waals surface area contributed by atoms with Crippen LogP contribution in [0.1, 0.15) is 81.3 Å². The van der Waals surface area contributed by atoms with Crippen molar-refractivity contribution in [3.63, 3.8) is 0 Å². The van der Waals surface area contributed by atoms with Gasteiger partial charge in [0.2, 0.25) is 5.91 Å². The Balaban J connectivity index is 1.23. The maximum atomic E-state index is 12.1. The lowest BCUT2D eigenvalue weighted by molar-refractivity contribution is -0.140. The van der Waals surface area contributed by atoms with E-state index in [4.69, 9.17) is 9.79 Å². The summed E-state index contributed by atoms with van der Waals surface area (Å²) in [6, 6.07) is 8.94. The molecular weight excluding hydrogens is 413 g/mol. The zero-order chi connectivity index (χ0) is 22.1. The molecule has 0 spiro atoms. The number of benzene rings is 1. The van der Waals surface area contributed by atoms with E-state index in [2.05, 4.69) is 40.9 Å². The Bertz CT molecular complexity index is 784. The molecule has 3 rings (SSSR count). The van der Waals surface area contributed by atoms with Crippen LogP contribution in [0.4, 0.5) is 0 Å². The number of phosphoric acid groups is 1. The number of carbonyl (C=O) groups is 1. The lowest BCUT2D eigenvalue weighted by Crippen LogP contribution is -2.54. The fourth-order valence-electron chi connectivity index (χ4n) is 4.60. The van der Waals surface area contributed by atoms with Crippen LogP contribution in [0, 0.1) is 0 Å². The minimum Gasteiger partial charge on any atom is -0.337 e. The van der Waals surface area contributed by atoms with Gasteiger partial charge in [0.05, 0.1) is 0 Å². The Kier molecular flexibility index (Phi) is 9.33. The summed E-state index contributed by atoms with van der Waals surface area (Å²) in [6.07, 6.45) is 16.1. The van der Waals surface area contributed by atoms with Gasteiger partial charge in [-0.15, -0.1) is 0 Å². The molecule has 1 aromatic carbocycles. The highest BCUT2D eigenvalue weighted by Crippen LogP contribution is 2.39. The van der Waals surface area contributed by atoms with Gasteiger partial charge in [-0.05, 0) is 55.6 Å². The van der Waals surface area contributed by atoms with Crippen molar-refractivity contribution < 1.29 is 23.7 Å². The predicted molar refractivity (Wildman–Crippen MR) is 122 cm³/mol. The van der Waals surface area contributed by atoms with Gasteiger partial charge >= 0.3 is 7.82 Å². The Morgan fingerprint density at radius 3 is 2.45 bits per heavy atom. The van der Waals surface area contributed by atoms with Crippen molar-refractivity contribution >= 4 is 13.7 Å². The average Bonchev–Trinajstić information content (AvgIpc) is 2.72. The fourth-order valence-corrected chi connectivity index (χ4v) is 5.12. The van der Waals surface area contributed by atoms with E-state index in [-0.39, 0.29) is 19.0 Å². The summed E-state index contributed by atoms with van der Waals surface area (Å²) in [4.78, 5) is 31.2. The van der Waals surface area contributed by atoms with Crippen molar-refractivity contribution in [1.82, 2.24) is 4.90 Å². The molecule has 1 aliphatic heterocycles. The Morgan fingerprint density at radius 2 is 1.74 bits per heavy atom. The molecule has 0 bridgehead atoms. The molecule has 2 aliphatic rings. The lowest BCUT2D eigenvalue weighted by atomic mass is 9.84. The Labute approximate surface area is 185 Å². The molecule has 172 valence electrons. The number of nitrogens with zero attached hydrogens (tertiary/aromatic N) is 1. The van der Waals surface area contributed by atoms with Crippen LogP contribution in [-0.2, 0) is 20.3 Å². The molecule has 1 aliphatic carbocycles. The van der Waals surface area contributed by atoms with Crippen LogP contribution >= 0.6 is 7.82 Å². The van der Waals surface area contributed by atoms with E-state index in [0.29, 0.717) is 12.3 Å². The minimum absolute atomic E-state index is 0.0553. The molecule has 1 unspecified atom stereocenters. The van der Waals surface area contributed by atoms with Gasteiger partial charge in [-0.2, -0.15) is 0 Å². The summed E-state index contributed by atoms with van der Waals surface area (Å²) >= 11 is 0. The number of phosphoric ester groups is 1. The SMILES string of the molecule is O=C(CCCCCCCCc1ccccc1C1CC=CCC1)N1CC(OP(=O)(O)O)C1. The normalized spacial score (nSPS) is 19.4. The van der Waals surface area contributed by atoms with Crippen LogP contribution in [-0.4, -0.2) is 39.8 Å². The molecule has 0 aromatic heterocycles. The van der Waals surface area contributed by atoms with E-state index in [0.717, 1.165) is 25.7 Å². The van der Waals surface area contributed by atoms with Crippen LogP contribution in [0.15, 0.2) is 36.4 Å². The van der Waals surface area contributed by atoms with Crippen molar-refractivity contribution in [3.8, 4) is 0 Å². The number of rotatable bonds is 12. The van der Waals surface area contributed by atoms with E-state index in [1.165, 1.54) is 44.1 Å². The lowest BCUT2D eigenvalue weighted by Gasteiger charge is -2.38.